The quantitative estimate of drug-likeness (QED) is 0.495. The fourth-order valence-electron chi connectivity index (χ4n) is 4.63. The average molecular weight is 500 g/mol. The van der Waals surface area contributed by atoms with Gasteiger partial charge in [0.1, 0.15) is 0 Å². The van der Waals surface area contributed by atoms with Crippen molar-refractivity contribution in [3.63, 3.8) is 0 Å². The molecule has 34 heavy (non-hydrogen) atoms. The van der Waals surface area contributed by atoms with Crippen LogP contribution in [0.4, 0.5) is 5.13 Å². The van der Waals surface area contributed by atoms with Gasteiger partial charge in [-0.1, -0.05) is 36.0 Å². The molecule has 0 spiro atoms. The van der Waals surface area contributed by atoms with Crippen molar-refractivity contribution < 1.29 is 17.9 Å². The predicted octanol–water partition coefficient (Wildman–Crippen LogP) is 4.61. The normalized spacial score (nSPS) is 19.5. The van der Waals surface area contributed by atoms with Gasteiger partial charge < -0.3 is 4.74 Å². The molecule has 7 nitrogen and oxygen atoms in total. The van der Waals surface area contributed by atoms with Crippen molar-refractivity contribution in [2.24, 2.45) is 0 Å². The summed E-state index contributed by atoms with van der Waals surface area (Å²) in [5.74, 6) is -0.260. The fourth-order valence-corrected chi connectivity index (χ4v) is 7.37. The number of amides is 1. The van der Waals surface area contributed by atoms with Gasteiger partial charge in [0.05, 0.1) is 27.8 Å². The highest BCUT2D eigenvalue weighted by molar-refractivity contribution is 7.89. The molecule has 2 aliphatic rings. The molecule has 2 aromatic carbocycles. The highest BCUT2D eigenvalue weighted by Crippen LogP contribution is 2.32. The van der Waals surface area contributed by atoms with E-state index < -0.39 is 10.0 Å². The Bertz CT molecular complexity index is 1260. The summed E-state index contributed by atoms with van der Waals surface area (Å²) in [6.45, 7) is 3.91. The monoisotopic (exact) mass is 499 g/mol. The van der Waals surface area contributed by atoms with E-state index in [-0.39, 0.29) is 16.9 Å². The number of aromatic nitrogens is 1. The van der Waals surface area contributed by atoms with Crippen LogP contribution in [-0.2, 0) is 14.8 Å². The van der Waals surface area contributed by atoms with E-state index in [1.807, 2.05) is 24.3 Å². The standard InChI is InChI=1S/C25H29N3O4S2/c1-18-11-12-19(16-23(18)34(30,31)27-13-5-2-6-14-27)24(29)28(17-20-8-7-15-32-20)25-26-21-9-3-4-10-22(21)33-25/h3-4,9-12,16,20H,2,5-8,13-15,17H2,1H3. The minimum Gasteiger partial charge on any atom is -0.376 e. The SMILES string of the molecule is Cc1ccc(C(=O)N(CC2CCCO2)c2nc3ccccc3s2)cc1S(=O)(=O)N1CCCCC1. The van der Waals surface area contributed by atoms with Gasteiger partial charge >= 0.3 is 0 Å². The van der Waals surface area contributed by atoms with Crippen LogP contribution < -0.4 is 4.90 Å². The number of benzene rings is 2. The lowest BCUT2D eigenvalue weighted by atomic mass is 10.1. The zero-order valence-corrected chi connectivity index (χ0v) is 20.9. The van der Waals surface area contributed by atoms with Crippen molar-refractivity contribution >= 4 is 42.6 Å². The van der Waals surface area contributed by atoms with Gasteiger partial charge in [-0.25, -0.2) is 13.4 Å². The van der Waals surface area contributed by atoms with Crippen LogP contribution >= 0.6 is 11.3 Å². The lowest BCUT2D eigenvalue weighted by Crippen LogP contribution is -2.38. The van der Waals surface area contributed by atoms with Crippen LogP contribution in [-0.4, -0.2) is 56.0 Å². The molecule has 180 valence electrons. The minimum atomic E-state index is -3.66. The molecule has 0 saturated carbocycles. The summed E-state index contributed by atoms with van der Waals surface area (Å²) in [4.78, 5) is 20.4. The second-order valence-electron chi connectivity index (χ2n) is 8.96. The number of carbonyl (C=O) groups is 1. The number of hydrogen-bond donors (Lipinski definition) is 0. The van der Waals surface area contributed by atoms with E-state index in [4.69, 9.17) is 9.72 Å². The fraction of sp³-hybridized carbons (Fsp3) is 0.440. The molecule has 1 amide bonds. The maximum atomic E-state index is 13.8. The lowest BCUT2D eigenvalue weighted by Gasteiger charge is -2.27. The van der Waals surface area contributed by atoms with E-state index in [1.165, 1.54) is 17.4 Å². The van der Waals surface area contributed by atoms with Gasteiger partial charge in [0.2, 0.25) is 10.0 Å². The first-order valence-corrected chi connectivity index (χ1v) is 14.1. The number of nitrogens with zero attached hydrogens (tertiary/aromatic N) is 3. The number of sulfonamides is 1. The van der Waals surface area contributed by atoms with Crippen molar-refractivity contribution in [1.82, 2.24) is 9.29 Å². The van der Waals surface area contributed by atoms with Gasteiger partial charge in [0.15, 0.2) is 5.13 Å². The Kier molecular flexibility index (Phi) is 6.70. The largest absolute Gasteiger partial charge is 0.376 e. The van der Waals surface area contributed by atoms with Crippen molar-refractivity contribution in [2.45, 2.75) is 50.0 Å². The van der Waals surface area contributed by atoms with Crippen molar-refractivity contribution in [3.05, 3.63) is 53.6 Å². The van der Waals surface area contributed by atoms with Crippen LogP contribution in [0.2, 0.25) is 0 Å². The number of rotatable bonds is 6. The van der Waals surface area contributed by atoms with E-state index in [1.54, 1.807) is 28.3 Å². The molecule has 9 heteroatoms. The summed E-state index contributed by atoms with van der Waals surface area (Å²) in [6, 6.07) is 12.8. The molecule has 0 radical (unpaired) electrons. The third kappa shape index (κ3) is 4.62. The Balaban J connectivity index is 1.51. The van der Waals surface area contributed by atoms with Crippen LogP contribution in [0.15, 0.2) is 47.4 Å². The van der Waals surface area contributed by atoms with Crippen molar-refractivity contribution in [2.75, 3.05) is 31.1 Å². The molecule has 0 aliphatic carbocycles. The Hall–Kier alpha value is -2.33. The number of thiazole rings is 1. The average Bonchev–Trinajstić information content (AvgIpc) is 3.52. The van der Waals surface area contributed by atoms with Gasteiger partial charge in [-0.15, -0.1) is 0 Å². The molecule has 2 fully saturated rings. The molecule has 3 heterocycles. The number of anilines is 1. The molecule has 2 aliphatic heterocycles. The van der Waals surface area contributed by atoms with Crippen molar-refractivity contribution in [1.29, 1.82) is 0 Å². The summed E-state index contributed by atoms with van der Waals surface area (Å²) < 4.78 is 35.1. The minimum absolute atomic E-state index is 0.0574. The first kappa shape index (κ1) is 23.4. The number of aryl methyl sites for hydroxylation is 1. The predicted molar refractivity (Wildman–Crippen MR) is 134 cm³/mol. The Labute approximate surface area is 204 Å². The maximum Gasteiger partial charge on any atom is 0.260 e. The molecule has 2 saturated heterocycles. The summed E-state index contributed by atoms with van der Waals surface area (Å²) in [6.07, 6.45) is 4.57. The Morgan fingerprint density at radius 3 is 2.68 bits per heavy atom. The van der Waals surface area contributed by atoms with E-state index >= 15 is 0 Å². The summed E-state index contributed by atoms with van der Waals surface area (Å²) >= 11 is 1.46. The Morgan fingerprint density at radius 1 is 1.15 bits per heavy atom. The molecule has 0 bridgehead atoms. The molecule has 1 unspecified atom stereocenters. The number of hydrogen-bond acceptors (Lipinski definition) is 6. The van der Waals surface area contributed by atoms with Crippen LogP contribution in [0.3, 0.4) is 0 Å². The number of para-hydroxylation sites is 1. The van der Waals surface area contributed by atoms with E-state index in [2.05, 4.69) is 0 Å². The van der Waals surface area contributed by atoms with Crippen molar-refractivity contribution in [3.8, 4) is 0 Å². The first-order chi connectivity index (χ1) is 16.4. The third-order valence-corrected chi connectivity index (χ3v) is 9.64. The highest BCUT2D eigenvalue weighted by Gasteiger charge is 2.31. The maximum absolute atomic E-state index is 13.8. The van der Waals surface area contributed by atoms with Gasteiger partial charge in [0.25, 0.3) is 5.91 Å². The molecule has 1 atom stereocenters. The number of ether oxygens (including phenoxy) is 1. The van der Waals surface area contributed by atoms with Crippen LogP contribution in [0.25, 0.3) is 10.2 Å². The second kappa shape index (κ2) is 9.73. The molecule has 5 rings (SSSR count). The highest BCUT2D eigenvalue weighted by atomic mass is 32.2. The van der Waals surface area contributed by atoms with Gasteiger partial charge in [-0.2, -0.15) is 4.31 Å². The lowest BCUT2D eigenvalue weighted by molar-refractivity contribution is 0.0917. The van der Waals surface area contributed by atoms with Gasteiger partial charge in [-0.3, -0.25) is 9.69 Å². The summed E-state index contributed by atoms with van der Waals surface area (Å²) in [5.41, 5.74) is 1.83. The smallest absolute Gasteiger partial charge is 0.260 e. The number of fused-ring (bicyclic) bond motifs is 1. The summed E-state index contributed by atoms with van der Waals surface area (Å²) in [5, 5.41) is 0.600. The Morgan fingerprint density at radius 2 is 1.94 bits per heavy atom. The van der Waals surface area contributed by atoms with E-state index in [0.29, 0.717) is 42.5 Å². The third-order valence-electron chi connectivity index (χ3n) is 6.54. The van der Waals surface area contributed by atoms with Crippen LogP contribution in [0.5, 0.6) is 0 Å². The zero-order valence-electron chi connectivity index (χ0n) is 19.3. The number of piperidine rings is 1. The van der Waals surface area contributed by atoms with Gasteiger partial charge in [-0.05, 0) is 62.4 Å². The van der Waals surface area contributed by atoms with E-state index in [9.17, 15) is 13.2 Å². The summed E-state index contributed by atoms with van der Waals surface area (Å²) in [7, 11) is -3.66. The topological polar surface area (TPSA) is 79.8 Å². The van der Waals surface area contributed by atoms with E-state index in [0.717, 1.165) is 42.3 Å². The molecular weight excluding hydrogens is 470 g/mol. The molecule has 1 aromatic heterocycles. The molecule has 0 N–H and O–H groups in total. The molecular formula is C25H29N3O4S2. The number of carbonyl (C=O) groups excluding carboxylic acids is 1. The molecule has 3 aromatic rings. The van der Waals surface area contributed by atoms with Crippen LogP contribution in [0, 0.1) is 6.92 Å². The second-order valence-corrected chi connectivity index (χ2v) is 11.9. The first-order valence-electron chi connectivity index (χ1n) is 11.8. The zero-order chi connectivity index (χ0) is 23.7. The van der Waals surface area contributed by atoms with Crippen LogP contribution in [0.1, 0.15) is 48.0 Å². The van der Waals surface area contributed by atoms with Gasteiger partial charge in [0, 0.05) is 25.3 Å².